The number of amides is 3. The lowest BCUT2D eigenvalue weighted by molar-refractivity contribution is -0.122. The van der Waals surface area contributed by atoms with E-state index in [0.29, 0.717) is 43.1 Å². The summed E-state index contributed by atoms with van der Waals surface area (Å²) in [5, 5.41) is 10.3. The number of piperidine rings is 1. The lowest BCUT2D eigenvalue weighted by Gasteiger charge is -2.32. The van der Waals surface area contributed by atoms with Crippen LogP contribution in [0.5, 0.6) is 0 Å². The molecular weight excluding hydrogens is 502 g/mol. The average molecular weight is 542 g/mol. The van der Waals surface area contributed by atoms with Gasteiger partial charge in [0.25, 0.3) is 5.91 Å². The van der Waals surface area contributed by atoms with E-state index in [1.165, 1.54) is 5.56 Å². The summed E-state index contributed by atoms with van der Waals surface area (Å²) in [5.41, 5.74) is 5.75. The Bertz CT molecular complexity index is 1370. The number of carbonyl (C=O) groups is 3. The summed E-state index contributed by atoms with van der Waals surface area (Å²) in [4.78, 5) is 40.0. The van der Waals surface area contributed by atoms with E-state index in [1.807, 2.05) is 60.9 Å². The number of aryl methyl sites for hydroxylation is 2. The molecule has 2 aromatic carbocycles. The second-order valence-electron chi connectivity index (χ2n) is 11.2. The van der Waals surface area contributed by atoms with Gasteiger partial charge < -0.3 is 15.5 Å². The predicted molar refractivity (Wildman–Crippen MR) is 156 cm³/mol. The fourth-order valence-corrected chi connectivity index (χ4v) is 5.99. The Hall–Kier alpha value is -3.94. The van der Waals surface area contributed by atoms with Crippen molar-refractivity contribution in [3.05, 3.63) is 71.4 Å². The first-order valence-electron chi connectivity index (χ1n) is 14.4. The van der Waals surface area contributed by atoms with E-state index in [0.717, 1.165) is 42.5 Å². The molecule has 2 heterocycles. The number of nitrogens with one attached hydrogen (secondary N) is 2. The highest BCUT2D eigenvalue weighted by molar-refractivity contribution is 5.98. The third-order valence-electron chi connectivity index (χ3n) is 8.51. The molecule has 5 rings (SSSR count). The van der Waals surface area contributed by atoms with Crippen molar-refractivity contribution >= 4 is 23.4 Å². The average Bonchev–Trinajstić information content (AvgIpc) is 3.63. The smallest absolute Gasteiger partial charge is 0.253 e. The van der Waals surface area contributed by atoms with E-state index in [2.05, 4.69) is 40.0 Å². The number of aromatic nitrogens is 2. The van der Waals surface area contributed by atoms with Crippen LogP contribution in [0.25, 0.3) is 11.3 Å². The number of hydrogen-bond donors (Lipinski definition) is 2. The molecule has 2 fully saturated rings. The number of carbonyl (C=O) groups excluding carboxylic acids is 3. The van der Waals surface area contributed by atoms with Crippen molar-refractivity contribution in [1.82, 2.24) is 20.0 Å². The summed E-state index contributed by atoms with van der Waals surface area (Å²) in [7, 11) is 1.95. The standard InChI is InChI=1S/C32H39N5O3/c1-4-30(38)34-27-12-11-25(19-27)31(39)35-28-20-26(6-5-21(28)2)32(40)37-17-14-23(15-18-37)22-7-9-24(10-8-22)29-13-16-33-36(29)3/h5-10,13,16,20,23,25,27H,4,11-12,14-15,17-19H2,1-3H3,(H,34,38)(H,35,39). The first-order chi connectivity index (χ1) is 19.3. The van der Waals surface area contributed by atoms with Gasteiger partial charge in [-0.3, -0.25) is 19.1 Å². The van der Waals surface area contributed by atoms with Gasteiger partial charge in [-0.15, -0.1) is 0 Å². The number of anilines is 1. The molecule has 1 saturated heterocycles. The topological polar surface area (TPSA) is 96.3 Å². The van der Waals surface area contributed by atoms with E-state index >= 15 is 0 Å². The fourth-order valence-electron chi connectivity index (χ4n) is 5.99. The van der Waals surface area contributed by atoms with Crippen LogP contribution in [0, 0.1) is 12.8 Å². The largest absolute Gasteiger partial charge is 0.353 e. The molecule has 1 saturated carbocycles. The molecular formula is C32H39N5O3. The molecule has 0 spiro atoms. The monoisotopic (exact) mass is 541 g/mol. The molecule has 2 atom stereocenters. The van der Waals surface area contributed by atoms with Crippen molar-refractivity contribution in [2.45, 2.75) is 64.3 Å². The van der Waals surface area contributed by atoms with Gasteiger partial charge in [0.15, 0.2) is 0 Å². The van der Waals surface area contributed by atoms with Crippen LogP contribution in [0.4, 0.5) is 5.69 Å². The quantitative estimate of drug-likeness (QED) is 0.438. The Morgan fingerprint density at radius 2 is 1.73 bits per heavy atom. The molecule has 0 bridgehead atoms. The van der Waals surface area contributed by atoms with E-state index < -0.39 is 0 Å². The lowest BCUT2D eigenvalue weighted by Crippen LogP contribution is -2.38. The highest BCUT2D eigenvalue weighted by Gasteiger charge is 2.31. The van der Waals surface area contributed by atoms with Gasteiger partial charge in [-0.2, -0.15) is 5.10 Å². The molecule has 3 aromatic rings. The molecule has 2 N–H and O–H groups in total. The molecule has 1 aliphatic carbocycles. The van der Waals surface area contributed by atoms with Gasteiger partial charge in [-0.05, 0) is 79.8 Å². The van der Waals surface area contributed by atoms with Gasteiger partial charge in [0.2, 0.25) is 11.8 Å². The SMILES string of the molecule is CCC(=O)NC1CCC(C(=O)Nc2cc(C(=O)N3CCC(c4ccc(-c5ccnn5C)cc4)CC3)ccc2C)C1. The third-order valence-corrected chi connectivity index (χ3v) is 8.51. The van der Waals surface area contributed by atoms with E-state index in [-0.39, 0.29) is 29.7 Å². The summed E-state index contributed by atoms with van der Waals surface area (Å²) in [6.07, 6.45) is 6.31. The van der Waals surface area contributed by atoms with Crippen LogP contribution in [0.2, 0.25) is 0 Å². The summed E-state index contributed by atoms with van der Waals surface area (Å²) < 4.78 is 1.88. The normalized spacial score (nSPS) is 19.4. The van der Waals surface area contributed by atoms with Crippen molar-refractivity contribution in [3.8, 4) is 11.3 Å². The number of nitrogens with zero attached hydrogens (tertiary/aromatic N) is 3. The van der Waals surface area contributed by atoms with E-state index in [4.69, 9.17) is 0 Å². The zero-order chi connectivity index (χ0) is 28.2. The molecule has 0 radical (unpaired) electrons. The van der Waals surface area contributed by atoms with Crippen LogP contribution in [-0.4, -0.2) is 51.5 Å². The van der Waals surface area contributed by atoms with Crippen molar-refractivity contribution < 1.29 is 14.4 Å². The van der Waals surface area contributed by atoms with Crippen LogP contribution in [0.15, 0.2) is 54.7 Å². The first-order valence-corrected chi connectivity index (χ1v) is 14.4. The molecule has 1 aromatic heterocycles. The van der Waals surface area contributed by atoms with Crippen molar-refractivity contribution in [1.29, 1.82) is 0 Å². The number of benzene rings is 2. The van der Waals surface area contributed by atoms with Crippen LogP contribution < -0.4 is 10.6 Å². The summed E-state index contributed by atoms with van der Waals surface area (Å²) in [6.45, 7) is 5.18. The molecule has 8 heteroatoms. The number of hydrogen-bond acceptors (Lipinski definition) is 4. The minimum Gasteiger partial charge on any atom is -0.353 e. The third kappa shape index (κ3) is 6.11. The zero-order valence-electron chi connectivity index (χ0n) is 23.7. The maximum atomic E-state index is 13.4. The summed E-state index contributed by atoms with van der Waals surface area (Å²) >= 11 is 0. The van der Waals surface area contributed by atoms with Crippen LogP contribution >= 0.6 is 0 Å². The molecule has 3 amide bonds. The molecule has 210 valence electrons. The highest BCUT2D eigenvalue weighted by Crippen LogP contribution is 2.31. The second-order valence-corrected chi connectivity index (χ2v) is 11.2. The Morgan fingerprint density at radius 3 is 2.40 bits per heavy atom. The Morgan fingerprint density at radius 1 is 0.975 bits per heavy atom. The lowest BCUT2D eigenvalue weighted by atomic mass is 9.88. The molecule has 8 nitrogen and oxygen atoms in total. The molecule has 1 aliphatic heterocycles. The minimum atomic E-state index is -0.141. The van der Waals surface area contributed by atoms with Crippen LogP contribution in [0.1, 0.15) is 72.9 Å². The molecule has 2 unspecified atom stereocenters. The van der Waals surface area contributed by atoms with Gasteiger partial charge in [-0.1, -0.05) is 37.3 Å². The van der Waals surface area contributed by atoms with E-state index in [1.54, 1.807) is 0 Å². The minimum absolute atomic E-state index is 0.00344. The summed E-state index contributed by atoms with van der Waals surface area (Å²) in [5.74, 6) is 0.267. The van der Waals surface area contributed by atoms with Gasteiger partial charge in [-0.25, -0.2) is 0 Å². The maximum Gasteiger partial charge on any atom is 0.253 e. The fraction of sp³-hybridized carbons (Fsp3) is 0.438. The van der Waals surface area contributed by atoms with Crippen LogP contribution in [0.3, 0.4) is 0 Å². The maximum absolute atomic E-state index is 13.4. The molecule has 2 aliphatic rings. The van der Waals surface area contributed by atoms with Crippen LogP contribution in [-0.2, 0) is 16.6 Å². The van der Waals surface area contributed by atoms with E-state index in [9.17, 15) is 14.4 Å². The van der Waals surface area contributed by atoms with Gasteiger partial charge in [0.1, 0.15) is 0 Å². The van der Waals surface area contributed by atoms with Gasteiger partial charge in [0, 0.05) is 56.0 Å². The Balaban J connectivity index is 1.17. The van der Waals surface area contributed by atoms with Crippen molar-refractivity contribution in [2.24, 2.45) is 13.0 Å². The van der Waals surface area contributed by atoms with Crippen molar-refractivity contribution in [2.75, 3.05) is 18.4 Å². The Labute approximate surface area is 236 Å². The van der Waals surface area contributed by atoms with Gasteiger partial charge >= 0.3 is 0 Å². The number of likely N-dealkylation sites (tertiary alicyclic amines) is 1. The summed E-state index contributed by atoms with van der Waals surface area (Å²) in [6, 6.07) is 16.3. The Kier molecular flexibility index (Phi) is 8.33. The second kappa shape index (κ2) is 12.1. The number of rotatable bonds is 7. The zero-order valence-corrected chi connectivity index (χ0v) is 23.7. The highest BCUT2D eigenvalue weighted by atomic mass is 16.2. The van der Waals surface area contributed by atoms with Crippen molar-refractivity contribution in [3.63, 3.8) is 0 Å². The predicted octanol–water partition coefficient (Wildman–Crippen LogP) is 5.05. The first kappa shape index (κ1) is 27.6. The molecule has 40 heavy (non-hydrogen) atoms. The van der Waals surface area contributed by atoms with Gasteiger partial charge in [0.05, 0.1) is 5.69 Å².